The molecule has 1 rings (SSSR count). The third-order valence-corrected chi connectivity index (χ3v) is 3.00. The van der Waals surface area contributed by atoms with Crippen LogP contribution in [0, 0.1) is 5.82 Å². The van der Waals surface area contributed by atoms with Gasteiger partial charge in [0.05, 0.1) is 5.56 Å². The van der Waals surface area contributed by atoms with Crippen molar-refractivity contribution < 1.29 is 17.6 Å². The second-order valence-corrected chi connectivity index (χ2v) is 5.19. The Morgan fingerprint density at radius 3 is 2.45 bits per heavy atom. The standard InChI is InChI=1S/C14H20F4N2/c1-10(6-7-20(2)3)19-9-11-4-5-13(15)12(8-11)14(16,17)18/h4-5,8,10,19H,6-7,9H2,1-3H3. The predicted molar refractivity (Wildman–Crippen MR) is 70.9 cm³/mol. The minimum absolute atomic E-state index is 0.178. The first-order valence-corrected chi connectivity index (χ1v) is 6.44. The van der Waals surface area contributed by atoms with E-state index in [2.05, 4.69) is 5.32 Å². The Morgan fingerprint density at radius 1 is 1.25 bits per heavy atom. The van der Waals surface area contributed by atoms with E-state index >= 15 is 0 Å². The van der Waals surface area contributed by atoms with Crippen LogP contribution in [-0.4, -0.2) is 31.6 Å². The van der Waals surface area contributed by atoms with E-state index in [0.29, 0.717) is 5.56 Å². The Morgan fingerprint density at radius 2 is 1.90 bits per heavy atom. The molecule has 0 bridgehead atoms. The van der Waals surface area contributed by atoms with E-state index in [0.717, 1.165) is 25.1 Å². The summed E-state index contributed by atoms with van der Waals surface area (Å²) in [6.07, 6.45) is -3.77. The Bertz CT molecular complexity index is 430. The molecule has 0 aliphatic rings. The van der Waals surface area contributed by atoms with E-state index in [4.69, 9.17) is 0 Å². The Hall–Kier alpha value is -1.14. The second kappa shape index (κ2) is 7.04. The first-order chi connectivity index (χ1) is 9.20. The fraction of sp³-hybridized carbons (Fsp3) is 0.571. The van der Waals surface area contributed by atoms with Gasteiger partial charge in [-0.2, -0.15) is 13.2 Å². The summed E-state index contributed by atoms with van der Waals surface area (Å²) in [5.74, 6) is -1.23. The number of halogens is 4. The highest BCUT2D eigenvalue weighted by Gasteiger charge is 2.34. The minimum Gasteiger partial charge on any atom is -0.310 e. The maximum atomic E-state index is 13.1. The van der Waals surface area contributed by atoms with Crippen molar-refractivity contribution in [3.8, 4) is 0 Å². The number of rotatable bonds is 6. The summed E-state index contributed by atoms with van der Waals surface area (Å²) in [4.78, 5) is 2.04. The van der Waals surface area contributed by atoms with Gasteiger partial charge in [0.15, 0.2) is 0 Å². The molecule has 1 unspecified atom stereocenters. The summed E-state index contributed by atoms with van der Waals surface area (Å²) < 4.78 is 50.8. The van der Waals surface area contributed by atoms with Gasteiger partial charge in [0.25, 0.3) is 0 Å². The van der Waals surface area contributed by atoms with Crippen molar-refractivity contribution in [1.29, 1.82) is 0 Å². The topological polar surface area (TPSA) is 15.3 Å². The Kier molecular flexibility index (Phi) is 5.95. The summed E-state index contributed by atoms with van der Waals surface area (Å²) in [6, 6.07) is 3.28. The maximum Gasteiger partial charge on any atom is 0.419 e. The van der Waals surface area contributed by atoms with E-state index in [-0.39, 0.29) is 12.6 Å². The number of nitrogens with one attached hydrogen (secondary N) is 1. The lowest BCUT2D eigenvalue weighted by Gasteiger charge is -2.17. The van der Waals surface area contributed by atoms with Crippen LogP contribution in [0.2, 0.25) is 0 Å². The molecule has 2 nitrogen and oxygen atoms in total. The molecule has 20 heavy (non-hydrogen) atoms. The number of hydrogen-bond donors (Lipinski definition) is 1. The molecule has 0 radical (unpaired) electrons. The molecule has 1 aromatic carbocycles. The molecule has 0 aliphatic heterocycles. The molecule has 1 atom stereocenters. The maximum absolute atomic E-state index is 13.1. The molecule has 114 valence electrons. The zero-order valence-corrected chi connectivity index (χ0v) is 11.9. The molecule has 0 amide bonds. The third kappa shape index (κ3) is 5.46. The number of benzene rings is 1. The first-order valence-electron chi connectivity index (χ1n) is 6.44. The highest BCUT2D eigenvalue weighted by atomic mass is 19.4. The van der Waals surface area contributed by atoms with Crippen LogP contribution in [0.3, 0.4) is 0 Å². The summed E-state index contributed by atoms with van der Waals surface area (Å²) in [6.45, 7) is 3.15. The van der Waals surface area contributed by atoms with Crippen molar-refractivity contribution >= 4 is 0 Å². The lowest BCUT2D eigenvalue weighted by Crippen LogP contribution is -2.29. The summed E-state index contributed by atoms with van der Waals surface area (Å²) in [5.41, 5.74) is -0.784. The largest absolute Gasteiger partial charge is 0.419 e. The molecule has 6 heteroatoms. The van der Waals surface area contributed by atoms with Gasteiger partial charge >= 0.3 is 6.18 Å². The Labute approximate surface area is 116 Å². The predicted octanol–water partition coefficient (Wildman–Crippen LogP) is 3.27. The van der Waals surface area contributed by atoms with Crippen LogP contribution in [0.1, 0.15) is 24.5 Å². The third-order valence-electron chi connectivity index (χ3n) is 3.00. The van der Waals surface area contributed by atoms with Gasteiger partial charge < -0.3 is 10.2 Å². The van der Waals surface area contributed by atoms with Crippen molar-refractivity contribution in [2.45, 2.75) is 32.1 Å². The van der Waals surface area contributed by atoms with Gasteiger partial charge in [0, 0.05) is 12.6 Å². The molecule has 0 heterocycles. The number of nitrogens with zero attached hydrogens (tertiary/aromatic N) is 1. The van der Waals surface area contributed by atoms with E-state index in [9.17, 15) is 17.6 Å². The summed E-state index contributed by atoms with van der Waals surface area (Å²) >= 11 is 0. The van der Waals surface area contributed by atoms with Crippen molar-refractivity contribution in [2.75, 3.05) is 20.6 Å². The van der Waals surface area contributed by atoms with E-state index in [1.165, 1.54) is 6.07 Å². The molecule has 0 aromatic heterocycles. The van der Waals surface area contributed by atoms with Crippen LogP contribution in [0.5, 0.6) is 0 Å². The zero-order chi connectivity index (χ0) is 15.3. The van der Waals surface area contributed by atoms with E-state index in [1.54, 1.807) is 0 Å². The van der Waals surface area contributed by atoms with Crippen molar-refractivity contribution in [1.82, 2.24) is 10.2 Å². The van der Waals surface area contributed by atoms with Gasteiger partial charge in [-0.15, -0.1) is 0 Å². The highest BCUT2D eigenvalue weighted by Crippen LogP contribution is 2.31. The second-order valence-electron chi connectivity index (χ2n) is 5.19. The zero-order valence-electron chi connectivity index (χ0n) is 11.9. The number of alkyl halides is 3. The van der Waals surface area contributed by atoms with Gasteiger partial charge in [-0.05, 0) is 51.7 Å². The fourth-order valence-corrected chi connectivity index (χ4v) is 1.75. The lowest BCUT2D eigenvalue weighted by atomic mass is 10.1. The van der Waals surface area contributed by atoms with Crippen LogP contribution in [0.25, 0.3) is 0 Å². The van der Waals surface area contributed by atoms with Gasteiger partial charge in [0.1, 0.15) is 5.82 Å². The molecule has 1 aromatic rings. The molecule has 0 aliphatic carbocycles. The van der Waals surface area contributed by atoms with Crippen molar-refractivity contribution in [3.63, 3.8) is 0 Å². The molecule has 0 fully saturated rings. The van der Waals surface area contributed by atoms with Crippen LogP contribution >= 0.6 is 0 Å². The first kappa shape index (κ1) is 16.9. The normalized spacial score (nSPS) is 13.8. The van der Waals surface area contributed by atoms with Crippen molar-refractivity contribution in [2.24, 2.45) is 0 Å². The molecular weight excluding hydrogens is 272 g/mol. The molecule has 1 N–H and O–H groups in total. The highest BCUT2D eigenvalue weighted by molar-refractivity contribution is 5.27. The monoisotopic (exact) mass is 292 g/mol. The van der Waals surface area contributed by atoms with E-state index in [1.807, 2.05) is 25.9 Å². The van der Waals surface area contributed by atoms with Crippen molar-refractivity contribution in [3.05, 3.63) is 35.1 Å². The van der Waals surface area contributed by atoms with Gasteiger partial charge in [0.2, 0.25) is 0 Å². The van der Waals surface area contributed by atoms with Crippen LogP contribution < -0.4 is 5.32 Å². The van der Waals surface area contributed by atoms with Crippen LogP contribution in [0.15, 0.2) is 18.2 Å². The molecule has 0 saturated carbocycles. The molecule has 0 spiro atoms. The van der Waals surface area contributed by atoms with E-state index < -0.39 is 17.6 Å². The van der Waals surface area contributed by atoms with Crippen LogP contribution in [-0.2, 0) is 12.7 Å². The molecular formula is C14H20F4N2. The van der Waals surface area contributed by atoms with Crippen LogP contribution in [0.4, 0.5) is 17.6 Å². The average molecular weight is 292 g/mol. The SMILES string of the molecule is CC(CCN(C)C)NCc1ccc(F)c(C(F)(F)F)c1. The average Bonchev–Trinajstić information content (AvgIpc) is 2.33. The van der Waals surface area contributed by atoms with Gasteiger partial charge in [-0.1, -0.05) is 6.07 Å². The van der Waals surface area contributed by atoms with Gasteiger partial charge in [-0.25, -0.2) is 4.39 Å². The minimum atomic E-state index is -4.66. The van der Waals surface area contributed by atoms with Gasteiger partial charge in [-0.3, -0.25) is 0 Å². The summed E-state index contributed by atoms with van der Waals surface area (Å²) in [5, 5.41) is 3.14. The molecule has 0 saturated heterocycles. The number of hydrogen-bond acceptors (Lipinski definition) is 2. The lowest BCUT2D eigenvalue weighted by molar-refractivity contribution is -0.140. The summed E-state index contributed by atoms with van der Waals surface area (Å²) in [7, 11) is 3.92. The smallest absolute Gasteiger partial charge is 0.310 e. The fourth-order valence-electron chi connectivity index (χ4n) is 1.75. The Balaban J connectivity index is 2.61. The quantitative estimate of drug-likeness (QED) is 0.810.